The minimum atomic E-state index is -0.538. The first-order valence-electron chi connectivity index (χ1n) is 9.97. The molecule has 2 aromatic rings. The van der Waals surface area contributed by atoms with Gasteiger partial charge >= 0.3 is 0 Å². The Hall–Kier alpha value is -1.50. The average molecular weight is 512 g/mol. The van der Waals surface area contributed by atoms with Crippen LogP contribution in [0.2, 0.25) is 5.02 Å². The van der Waals surface area contributed by atoms with Gasteiger partial charge in [0.05, 0.1) is 5.75 Å². The molecule has 2 aromatic carbocycles. The van der Waals surface area contributed by atoms with Crippen LogP contribution in [0.25, 0.3) is 0 Å². The van der Waals surface area contributed by atoms with E-state index in [0.717, 1.165) is 21.4 Å². The molecule has 1 atom stereocenters. The highest BCUT2D eigenvalue weighted by Gasteiger charge is 2.29. The van der Waals surface area contributed by atoms with E-state index < -0.39 is 6.04 Å². The molecule has 0 bridgehead atoms. The number of carbonyl (C=O) groups is 2. The normalized spacial score (nSPS) is 11.9. The van der Waals surface area contributed by atoms with Gasteiger partial charge in [-0.15, -0.1) is 11.8 Å². The first kappa shape index (κ1) is 24.8. The molecule has 1 N–H and O–H groups in total. The molecule has 0 aliphatic rings. The van der Waals surface area contributed by atoms with Gasteiger partial charge < -0.3 is 10.2 Å². The maximum Gasteiger partial charge on any atom is 0.243 e. The fourth-order valence-electron chi connectivity index (χ4n) is 3.03. The minimum Gasteiger partial charge on any atom is -0.352 e. The molecule has 0 fully saturated rings. The third-order valence-corrected chi connectivity index (χ3v) is 6.41. The highest BCUT2D eigenvalue weighted by molar-refractivity contribution is 9.10. The van der Waals surface area contributed by atoms with Crippen molar-refractivity contribution in [1.29, 1.82) is 0 Å². The van der Waals surface area contributed by atoms with E-state index in [0.29, 0.717) is 23.7 Å². The third kappa shape index (κ3) is 7.64. The van der Waals surface area contributed by atoms with Crippen molar-refractivity contribution >= 4 is 51.1 Å². The zero-order chi connectivity index (χ0) is 22.1. The van der Waals surface area contributed by atoms with Crippen LogP contribution in [0, 0.1) is 0 Å². The summed E-state index contributed by atoms with van der Waals surface area (Å²) in [5, 5.41) is 3.53. The highest BCUT2D eigenvalue weighted by atomic mass is 79.9. The van der Waals surface area contributed by atoms with Gasteiger partial charge in [0.1, 0.15) is 6.04 Å². The van der Waals surface area contributed by atoms with Gasteiger partial charge in [0.25, 0.3) is 0 Å². The van der Waals surface area contributed by atoms with Crippen LogP contribution in [0.5, 0.6) is 0 Å². The van der Waals surface area contributed by atoms with Crippen LogP contribution in [0.1, 0.15) is 38.3 Å². The van der Waals surface area contributed by atoms with Crippen molar-refractivity contribution in [2.24, 2.45) is 0 Å². The monoisotopic (exact) mass is 510 g/mol. The number of halogens is 2. The van der Waals surface area contributed by atoms with Gasteiger partial charge in [-0.25, -0.2) is 0 Å². The summed E-state index contributed by atoms with van der Waals surface area (Å²) in [6, 6.07) is 15.0. The van der Waals surface area contributed by atoms with Gasteiger partial charge in [0.2, 0.25) is 11.8 Å². The molecule has 0 saturated heterocycles. The summed E-state index contributed by atoms with van der Waals surface area (Å²) in [5.74, 6) is 0.827. The number of nitrogens with zero attached hydrogens (tertiary/aromatic N) is 1. The summed E-state index contributed by atoms with van der Waals surface area (Å²) in [5.41, 5.74) is 1.99. The molecule has 0 spiro atoms. The van der Waals surface area contributed by atoms with Gasteiger partial charge in [0, 0.05) is 27.8 Å². The lowest BCUT2D eigenvalue weighted by atomic mass is 10.1. The maximum absolute atomic E-state index is 13.2. The lowest BCUT2D eigenvalue weighted by Crippen LogP contribution is -2.51. The fraction of sp³-hybridized carbons (Fsp3) is 0.391. The van der Waals surface area contributed by atoms with Crippen LogP contribution in [0.3, 0.4) is 0 Å². The number of carbonyl (C=O) groups excluding carboxylic acids is 2. The second-order valence-corrected chi connectivity index (χ2v) is 9.63. The number of nitrogens with one attached hydrogen (secondary N) is 1. The Morgan fingerprint density at radius 3 is 2.40 bits per heavy atom. The van der Waals surface area contributed by atoms with E-state index in [-0.39, 0.29) is 17.9 Å². The molecule has 2 rings (SSSR count). The van der Waals surface area contributed by atoms with Crippen LogP contribution in [-0.2, 0) is 21.9 Å². The number of hydrogen-bond acceptors (Lipinski definition) is 3. The van der Waals surface area contributed by atoms with Crippen LogP contribution in [-0.4, -0.2) is 34.6 Å². The highest BCUT2D eigenvalue weighted by Crippen LogP contribution is 2.22. The van der Waals surface area contributed by atoms with Gasteiger partial charge in [-0.1, -0.05) is 64.8 Å². The van der Waals surface area contributed by atoms with Crippen LogP contribution in [0.4, 0.5) is 0 Å². The fourth-order valence-corrected chi connectivity index (χ4v) is 4.36. The van der Waals surface area contributed by atoms with Crippen molar-refractivity contribution in [1.82, 2.24) is 10.2 Å². The molecule has 162 valence electrons. The van der Waals surface area contributed by atoms with Crippen LogP contribution in [0.15, 0.2) is 53.0 Å². The Bertz CT molecular complexity index is 845. The maximum atomic E-state index is 13.2. The molecular formula is C23H28BrClN2O2S. The first-order valence-corrected chi connectivity index (χ1v) is 12.3. The number of rotatable bonds is 10. The van der Waals surface area contributed by atoms with E-state index in [9.17, 15) is 9.59 Å². The lowest BCUT2D eigenvalue weighted by Gasteiger charge is -2.31. The van der Waals surface area contributed by atoms with Crippen molar-refractivity contribution in [3.05, 3.63) is 69.2 Å². The Kier molecular flexibility index (Phi) is 10.2. The van der Waals surface area contributed by atoms with Gasteiger partial charge in [-0.05, 0) is 49.6 Å². The molecule has 7 heteroatoms. The van der Waals surface area contributed by atoms with E-state index in [4.69, 9.17) is 11.6 Å². The van der Waals surface area contributed by atoms with E-state index in [2.05, 4.69) is 21.2 Å². The molecule has 0 radical (unpaired) electrons. The summed E-state index contributed by atoms with van der Waals surface area (Å²) in [6.07, 6.45) is 0.534. The molecule has 0 aliphatic heterocycles. The smallest absolute Gasteiger partial charge is 0.243 e. The van der Waals surface area contributed by atoms with Gasteiger partial charge in [-0.2, -0.15) is 0 Å². The zero-order valence-electron chi connectivity index (χ0n) is 17.5. The molecule has 30 heavy (non-hydrogen) atoms. The van der Waals surface area contributed by atoms with Crippen LogP contribution < -0.4 is 5.32 Å². The standard InChI is InChI=1S/C23H28BrClN2O2S/c1-4-21(23(29)26-16(2)3)27(13-18-7-5-6-8-20(18)25)22(28)15-30-14-17-9-11-19(24)12-10-17/h5-12,16,21H,4,13-15H2,1-3H3,(H,26,29). The molecule has 0 aliphatic carbocycles. The summed E-state index contributed by atoms with van der Waals surface area (Å²) in [7, 11) is 0. The van der Waals surface area contributed by atoms with E-state index in [1.165, 1.54) is 0 Å². The predicted octanol–water partition coefficient (Wildman–Crippen LogP) is 5.67. The SMILES string of the molecule is CCC(C(=O)NC(C)C)N(Cc1ccccc1Cl)C(=O)CSCc1ccc(Br)cc1. The Morgan fingerprint density at radius 2 is 1.80 bits per heavy atom. The Morgan fingerprint density at radius 1 is 1.13 bits per heavy atom. The third-order valence-electron chi connectivity index (χ3n) is 4.52. The van der Waals surface area contributed by atoms with Crippen molar-refractivity contribution in [2.45, 2.75) is 51.6 Å². The molecule has 2 amide bonds. The van der Waals surface area contributed by atoms with E-state index >= 15 is 0 Å². The zero-order valence-corrected chi connectivity index (χ0v) is 20.7. The molecule has 0 saturated carbocycles. The molecule has 0 heterocycles. The summed E-state index contributed by atoms with van der Waals surface area (Å²) in [6.45, 7) is 6.06. The summed E-state index contributed by atoms with van der Waals surface area (Å²) >= 11 is 11.3. The molecule has 4 nitrogen and oxygen atoms in total. The second kappa shape index (κ2) is 12.4. The van der Waals surface area contributed by atoms with Gasteiger partial charge in [-0.3, -0.25) is 9.59 Å². The molecule has 0 aromatic heterocycles. The quantitative estimate of drug-likeness (QED) is 0.447. The van der Waals surface area contributed by atoms with Crippen LogP contribution >= 0.6 is 39.3 Å². The number of hydrogen-bond donors (Lipinski definition) is 1. The largest absolute Gasteiger partial charge is 0.352 e. The second-order valence-electron chi connectivity index (χ2n) is 7.32. The topological polar surface area (TPSA) is 49.4 Å². The predicted molar refractivity (Wildman–Crippen MR) is 130 cm³/mol. The van der Waals surface area contributed by atoms with Crippen molar-refractivity contribution in [3.8, 4) is 0 Å². The van der Waals surface area contributed by atoms with Crippen molar-refractivity contribution in [3.63, 3.8) is 0 Å². The Labute approximate surface area is 196 Å². The average Bonchev–Trinajstić information content (AvgIpc) is 2.70. The lowest BCUT2D eigenvalue weighted by molar-refractivity contribution is -0.139. The number of benzene rings is 2. The number of thioether (sulfide) groups is 1. The van der Waals surface area contributed by atoms with Crippen molar-refractivity contribution in [2.75, 3.05) is 5.75 Å². The summed E-state index contributed by atoms with van der Waals surface area (Å²) in [4.78, 5) is 27.6. The van der Waals surface area contributed by atoms with Crippen molar-refractivity contribution < 1.29 is 9.59 Å². The summed E-state index contributed by atoms with van der Waals surface area (Å²) < 4.78 is 1.03. The Balaban J connectivity index is 2.13. The van der Waals surface area contributed by atoms with E-state index in [1.807, 2.05) is 63.2 Å². The molecular weight excluding hydrogens is 484 g/mol. The molecule has 1 unspecified atom stereocenters. The number of amides is 2. The van der Waals surface area contributed by atoms with Gasteiger partial charge in [0.15, 0.2) is 0 Å². The first-order chi connectivity index (χ1) is 14.3. The van der Waals surface area contributed by atoms with E-state index in [1.54, 1.807) is 22.7 Å². The minimum absolute atomic E-state index is 0.00981.